The lowest BCUT2D eigenvalue weighted by Crippen LogP contribution is -2.14. The Balaban J connectivity index is 2.38. The molecule has 0 saturated heterocycles. The van der Waals surface area contributed by atoms with Gasteiger partial charge < -0.3 is 5.32 Å². The highest BCUT2D eigenvalue weighted by molar-refractivity contribution is 9.10. The maximum atomic E-state index is 13.4. The largest absolute Gasteiger partial charge is 0.316 e. The van der Waals surface area contributed by atoms with Crippen molar-refractivity contribution in [1.29, 1.82) is 0 Å². The van der Waals surface area contributed by atoms with Gasteiger partial charge in [-0.3, -0.25) is 14.9 Å². The fourth-order valence-electron chi connectivity index (χ4n) is 1.64. The van der Waals surface area contributed by atoms with E-state index in [0.29, 0.717) is 0 Å². The molecule has 1 amide bonds. The molecule has 0 bridgehead atoms. The third-order valence-electron chi connectivity index (χ3n) is 2.60. The number of hydrogen-bond donors (Lipinski definition) is 1. The summed E-state index contributed by atoms with van der Waals surface area (Å²) in [6, 6.07) is 7.71. The Morgan fingerprint density at radius 2 is 2.05 bits per heavy atom. The number of nitro benzene ring substituents is 1. The molecule has 2 rings (SSSR count). The number of nitro groups is 1. The summed E-state index contributed by atoms with van der Waals surface area (Å²) >= 11 is 8.72. The monoisotopic (exact) mass is 372 g/mol. The van der Waals surface area contributed by atoms with Crippen molar-refractivity contribution >= 4 is 44.8 Å². The molecule has 0 fully saturated rings. The van der Waals surface area contributed by atoms with E-state index in [1.165, 1.54) is 36.4 Å². The lowest BCUT2D eigenvalue weighted by Gasteiger charge is -2.08. The lowest BCUT2D eigenvalue weighted by molar-refractivity contribution is -0.383. The van der Waals surface area contributed by atoms with Crippen LogP contribution < -0.4 is 5.32 Å². The third-order valence-corrected chi connectivity index (χ3v) is 3.64. The fourth-order valence-corrected chi connectivity index (χ4v) is 2.25. The van der Waals surface area contributed by atoms with Gasteiger partial charge in [0.05, 0.1) is 15.0 Å². The predicted molar refractivity (Wildman–Crippen MR) is 80.2 cm³/mol. The van der Waals surface area contributed by atoms with Crippen molar-refractivity contribution in [2.24, 2.45) is 0 Å². The first-order valence-electron chi connectivity index (χ1n) is 5.59. The summed E-state index contributed by atoms with van der Waals surface area (Å²) < 4.78 is 13.4. The van der Waals surface area contributed by atoms with Crippen LogP contribution in [0.3, 0.4) is 0 Å². The molecule has 8 heteroatoms. The molecule has 2 aromatic rings. The highest BCUT2D eigenvalue weighted by Crippen LogP contribution is 2.29. The molecule has 0 saturated carbocycles. The van der Waals surface area contributed by atoms with Crippen LogP contribution in [0.15, 0.2) is 40.9 Å². The number of amides is 1. The second-order valence-corrected chi connectivity index (χ2v) is 5.20. The molecule has 0 radical (unpaired) electrons. The summed E-state index contributed by atoms with van der Waals surface area (Å²) in [5, 5.41) is 13.5. The standard InChI is InChI=1S/C13H7BrClFN2O3/c14-12-8(2-1-3-9(12)16)13(19)17-10-6-7(15)4-5-11(10)18(20)21/h1-6H,(H,17,19). The molecule has 2 aromatic carbocycles. The molecule has 108 valence electrons. The van der Waals surface area contributed by atoms with Gasteiger partial charge >= 0.3 is 0 Å². The van der Waals surface area contributed by atoms with Crippen molar-refractivity contribution in [3.05, 3.63) is 67.4 Å². The normalized spacial score (nSPS) is 10.2. The molecule has 21 heavy (non-hydrogen) atoms. The SMILES string of the molecule is O=C(Nc1cc(Cl)ccc1[N+](=O)[O-])c1cccc(F)c1Br. The van der Waals surface area contributed by atoms with E-state index in [9.17, 15) is 19.3 Å². The molecule has 0 aliphatic rings. The van der Waals surface area contributed by atoms with Gasteiger partial charge in [0, 0.05) is 11.1 Å². The van der Waals surface area contributed by atoms with Crippen LogP contribution in [0.5, 0.6) is 0 Å². The molecule has 0 heterocycles. The van der Waals surface area contributed by atoms with E-state index in [1.54, 1.807) is 0 Å². The Kier molecular flexibility index (Phi) is 4.54. The summed E-state index contributed by atoms with van der Waals surface area (Å²) in [4.78, 5) is 22.4. The first-order chi connectivity index (χ1) is 9.90. The minimum atomic E-state index is -0.688. The van der Waals surface area contributed by atoms with E-state index in [1.807, 2.05) is 0 Å². The van der Waals surface area contributed by atoms with E-state index >= 15 is 0 Å². The molecule has 1 N–H and O–H groups in total. The van der Waals surface area contributed by atoms with Crippen molar-refractivity contribution in [1.82, 2.24) is 0 Å². The van der Waals surface area contributed by atoms with Gasteiger partial charge in [-0.2, -0.15) is 0 Å². The second-order valence-electron chi connectivity index (χ2n) is 3.97. The topological polar surface area (TPSA) is 72.2 Å². The van der Waals surface area contributed by atoms with E-state index in [0.717, 1.165) is 0 Å². The van der Waals surface area contributed by atoms with Gasteiger partial charge in [-0.05, 0) is 40.2 Å². The number of halogens is 3. The van der Waals surface area contributed by atoms with Crippen molar-refractivity contribution in [3.8, 4) is 0 Å². The van der Waals surface area contributed by atoms with Crippen LogP contribution >= 0.6 is 27.5 Å². The first-order valence-corrected chi connectivity index (χ1v) is 6.76. The Morgan fingerprint density at radius 1 is 1.33 bits per heavy atom. The number of nitrogens with one attached hydrogen (secondary N) is 1. The zero-order valence-electron chi connectivity index (χ0n) is 10.3. The maximum Gasteiger partial charge on any atom is 0.292 e. The van der Waals surface area contributed by atoms with Crippen LogP contribution in [0.4, 0.5) is 15.8 Å². The van der Waals surface area contributed by atoms with Crippen molar-refractivity contribution in [3.63, 3.8) is 0 Å². The van der Waals surface area contributed by atoms with Gasteiger partial charge in [0.15, 0.2) is 0 Å². The zero-order chi connectivity index (χ0) is 15.6. The molecule has 0 aromatic heterocycles. The second kappa shape index (κ2) is 6.19. The molecular weight excluding hydrogens is 367 g/mol. The van der Waals surface area contributed by atoms with E-state index in [4.69, 9.17) is 11.6 Å². The smallest absolute Gasteiger partial charge is 0.292 e. The van der Waals surface area contributed by atoms with Gasteiger partial charge in [-0.25, -0.2) is 4.39 Å². The van der Waals surface area contributed by atoms with Gasteiger partial charge in [-0.15, -0.1) is 0 Å². The number of anilines is 1. The average Bonchev–Trinajstić information content (AvgIpc) is 2.41. The first kappa shape index (κ1) is 15.4. The molecular formula is C13H7BrClFN2O3. The molecule has 5 nitrogen and oxygen atoms in total. The minimum absolute atomic E-state index is 0.0178. The number of rotatable bonds is 3. The lowest BCUT2D eigenvalue weighted by atomic mass is 10.2. The third kappa shape index (κ3) is 3.37. The molecule has 0 unspecified atom stereocenters. The molecule has 0 aliphatic carbocycles. The number of carbonyl (C=O) groups excluding carboxylic acids is 1. The van der Waals surface area contributed by atoms with Crippen LogP contribution in [0.2, 0.25) is 5.02 Å². The summed E-state index contributed by atoms with van der Waals surface area (Å²) in [7, 11) is 0. The highest BCUT2D eigenvalue weighted by Gasteiger charge is 2.19. The minimum Gasteiger partial charge on any atom is -0.316 e. The summed E-state index contributed by atoms with van der Waals surface area (Å²) in [6.07, 6.45) is 0. The number of benzene rings is 2. The molecule has 0 spiro atoms. The van der Waals surface area contributed by atoms with Gasteiger partial charge in [0.2, 0.25) is 0 Å². The van der Waals surface area contributed by atoms with Crippen LogP contribution in [-0.2, 0) is 0 Å². The van der Waals surface area contributed by atoms with Gasteiger partial charge in [0.1, 0.15) is 11.5 Å². The van der Waals surface area contributed by atoms with Gasteiger partial charge in [-0.1, -0.05) is 17.7 Å². The highest BCUT2D eigenvalue weighted by atomic mass is 79.9. The van der Waals surface area contributed by atoms with Crippen LogP contribution in [0.25, 0.3) is 0 Å². The van der Waals surface area contributed by atoms with Gasteiger partial charge in [0.25, 0.3) is 11.6 Å². The molecule has 0 atom stereocenters. The van der Waals surface area contributed by atoms with E-state index in [-0.39, 0.29) is 26.4 Å². The Morgan fingerprint density at radius 3 is 2.71 bits per heavy atom. The Labute approximate surface area is 132 Å². The number of hydrogen-bond acceptors (Lipinski definition) is 3. The van der Waals surface area contributed by atoms with E-state index in [2.05, 4.69) is 21.2 Å². The number of carbonyl (C=O) groups is 1. The quantitative estimate of drug-likeness (QED) is 0.640. The summed E-state index contributed by atoms with van der Waals surface area (Å²) in [5.74, 6) is -1.30. The summed E-state index contributed by atoms with van der Waals surface area (Å²) in [6.45, 7) is 0. The molecule has 0 aliphatic heterocycles. The van der Waals surface area contributed by atoms with Crippen molar-refractivity contribution in [2.45, 2.75) is 0 Å². The van der Waals surface area contributed by atoms with Crippen LogP contribution in [0, 0.1) is 15.9 Å². The summed E-state index contributed by atoms with van der Waals surface area (Å²) in [5.41, 5.74) is -0.349. The number of nitrogens with zero attached hydrogens (tertiary/aromatic N) is 1. The predicted octanol–water partition coefficient (Wildman–Crippen LogP) is 4.40. The van der Waals surface area contributed by atoms with Crippen LogP contribution in [-0.4, -0.2) is 10.8 Å². The van der Waals surface area contributed by atoms with Crippen molar-refractivity contribution in [2.75, 3.05) is 5.32 Å². The maximum absolute atomic E-state index is 13.4. The Bertz CT molecular complexity index is 739. The average molecular weight is 374 g/mol. The van der Waals surface area contributed by atoms with E-state index < -0.39 is 16.6 Å². The fraction of sp³-hybridized carbons (Fsp3) is 0. The zero-order valence-corrected chi connectivity index (χ0v) is 12.6. The van der Waals surface area contributed by atoms with Crippen molar-refractivity contribution < 1.29 is 14.1 Å². The Hall–Kier alpha value is -1.99. The van der Waals surface area contributed by atoms with Crippen LogP contribution in [0.1, 0.15) is 10.4 Å².